The maximum Gasteiger partial charge on any atom is 0.267 e. The second kappa shape index (κ2) is 9.89. The quantitative estimate of drug-likeness (QED) is 0.325. The fourth-order valence-electron chi connectivity index (χ4n) is 1.95. The van der Waals surface area contributed by atoms with Crippen molar-refractivity contribution >= 4 is 22.6 Å². The number of rotatable bonds is 5. The molecular formula is C19H22N2O5S. The minimum absolute atomic E-state index is 0.268. The SMILES string of the molecule is CC(O)C#CC#Cc1ccc(C(=O)N[C@H](C(=O)NO)C(C)(C)S(C)=O)cc1. The third kappa shape index (κ3) is 6.54. The molecule has 0 saturated carbocycles. The third-order valence-electron chi connectivity index (χ3n) is 3.78. The highest BCUT2D eigenvalue weighted by Crippen LogP contribution is 2.18. The first-order valence-electron chi connectivity index (χ1n) is 7.97. The number of nitrogens with one attached hydrogen (secondary N) is 2. The van der Waals surface area contributed by atoms with Crippen LogP contribution in [0.4, 0.5) is 0 Å². The van der Waals surface area contributed by atoms with Crippen LogP contribution >= 0.6 is 0 Å². The number of carbonyl (C=O) groups excluding carboxylic acids is 2. The van der Waals surface area contributed by atoms with Gasteiger partial charge in [0.2, 0.25) is 0 Å². The van der Waals surface area contributed by atoms with Gasteiger partial charge in [0, 0.05) is 28.2 Å². The van der Waals surface area contributed by atoms with E-state index in [0.717, 1.165) is 0 Å². The van der Waals surface area contributed by atoms with Crippen LogP contribution in [0.1, 0.15) is 36.7 Å². The molecular weight excluding hydrogens is 368 g/mol. The molecule has 1 rings (SSSR count). The fourth-order valence-corrected chi connectivity index (χ4v) is 2.45. The first-order valence-corrected chi connectivity index (χ1v) is 9.53. The van der Waals surface area contributed by atoms with Crippen molar-refractivity contribution in [2.75, 3.05) is 6.26 Å². The molecule has 3 atom stereocenters. The number of carbonyl (C=O) groups is 2. The lowest BCUT2D eigenvalue weighted by molar-refractivity contribution is -0.131. The predicted molar refractivity (Wildman–Crippen MR) is 102 cm³/mol. The Morgan fingerprint density at radius 1 is 1.19 bits per heavy atom. The van der Waals surface area contributed by atoms with Crippen LogP contribution in [0.3, 0.4) is 0 Å². The first kappa shape index (κ1) is 22.4. The van der Waals surface area contributed by atoms with E-state index in [1.165, 1.54) is 30.8 Å². The van der Waals surface area contributed by atoms with Crippen molar-refractivity contribution in [1.82, 2.24) is 10.8 Å². The van der Waals surface area contributed by atoms with Gasteiger partial charge in [-0.25, -0.2) is 5.48 Å². The van der Waals surface area contributed by atoms with Crippen molar-refractivity contribution in [2.24, 2.45) is 0 Å². The highest BCUT2D eigenvalue weighted by atomic mass is 32.2. The van der Waals surface area contributed by atoms with E-state index in [4.69, 9.17) is 10.3 Å². The van der Waals surface area contributed by atoms with Gasteiger partial charge in [-0.15, -0.1) is 0 Å². The third-order valence-corrected chi connectivity index (χ3v) is 5.50. The van der Waals surface area contributed by atoms with Gasteiger partial charge >= 0.3 is 0 Å². The van der Waals surface area contributed by atoms with Gasteiger partial charge < -0.3 is 10.4 Å². The Kier molecular flexibility index (Phi) is 8.20. The number of hydrogen-bond donors (Lipinski definition) is 4. The van der Waals surface area contributed by atoms with Gasteiger partial charge in [-0.1, -0.05) is 11.8 Å². The van der Waals surface area contributed by atoms with Crippen LogP contribution in [0.5, 0.6) is 0 Å². The van der Waals surface area contributed by atoms with Crippen molar-refractivity contribution in [1.29, 1.82) is 0 Å². The number of amides is 2. The van der Waals surface area contributed by atoms with Gasteiger partial charge in [0.05, 0.1) is 4.75 Å². The monoisotopic (exact) mass is 390 g/mol. The van der Waals surface area contributed by atoms with E-state index in [0.29, 0.717) is 5.56 Å². The highest BCUT2D eigenvalue weighted by Gasteiger charge is 2.39. The highest BCUT2D eigenvalue weighted by molar-refractivity contribution is 7.85. The summed E-state index contributed by atoms with van der Waals surface area (Å²) in [7, 11) is -1.45. The Hall–Kier alpha value is -2.65. The Balaban J connectivity index is 2.97. The lowest BCUT2D eigenvalue weighted by atomic mass is 10.0. The molecule has 7 nitrogen and oxygen atoms in total. The zero-order valence-electron chi connectivity index (χ0n) is 15.5. The standard InChI is InChI=1S/C19H22N2O5S/c1-13(22)7-5-6-8-14-9-11-15(12-10-14)17(23)20-16(18(24)21-25)19(2,3)27(4)26/h9-13,16,22,25H,1-4H3,(H,20,23)(H,21,24)/t13?,16-,27?/m1/s1. The maximum absolute atomic E-state index is 12.4. The molecule has 8 heteroatoms. The summed E-state index contributed by atoms with van der Waals surface area (Å²) in [5.74, 6) is 8.93. The maximum atomic E-state index is 12.4. The Labute approximate surface area is 161 Å². The van der Waals surface area contributed by atoms with E-state index in [1.807, 2.05) is 0 Å². The van der Waals surface area contributed by atoms with E-state index in [9.17, 15) is 13.8 Å². The molecule has 0 bridgehead atoms. The molecule has 0 aliphatic carbocycles. The summed E-state index contributed by atoms with van der Waals surface area (Å²) in [6.45, 7) is 4.63. The van der Waals surface area contributed by atoms with Gasteiger partial charge in [0.1, 0.15) is 12.1 Å². The molecule has 0 aliphatic heterocycles. The summed E-state index contributed by atoms with van der Waals surface area (Å²) >= 11 is 0. The lowest BCUT2D eigenvalue weighted by Gasteiger charge is -2.31. The Morgan fingerprint density at radius 3 is 2.26 bits per heavy atom. The topological polar surface area (TPSA) is 116 Å². The van der Waals surface area contributed by atoms with E-state index >= 15 is 0 Å². The summed E-state index contributed by atoms with van der Waals surface area (Å²) in [6, 6.07) is 5.05. The molecule has 1 aromatic rings. The zero-order chi connectivity index (χ0) is 20.6. The Bertz CT molecular complexity index is 839. The molecule has 0 radical (unpaired) electrons. The number of aliphatic hydroxyl groups excluding tert-OH is 1. The lowest BCUT2D eigenvalue weighted by Crippen LogP contribution is -2.58. The second-order valence-electron chi connectivity index (χ2n) is 6.21. The smallest absolute Gasteiger partial charge is 0.267 e. The van der Waals surface area contributed by atoms with E-state index in [-0.39, 0.29) is 5.56 Å². The molecule has 4 N–H and O–H groups in total. The van der Waals surface area contributed by atoms with E-state index < -0.39 is 39.5 Å². The first-order chi connectivity index (χ1) is 12.6. The van der Waals surface area contributed by atoms with Crippen LogP contribution in [0.2, 0.25) is 0 Å². The van der Waals surface area contributed by atoms with Crippen molar-refractivity contribution in [3.05, 3.63) is 35.4 Å². The molecule has 2 amide bonds. The van der Waals surface area contributed by atoms with Crippen LogP contribution in [0.15, 0.2) is 24.3 Å². The largest absolute Gasteiger partial charge is 0.381 e. The summed E-state index contributed by atoms with van der Waals surface area (Å²) < 4.78 is 10.8. The van der Waals surface area contributed by atoms with Crippen LogP contribution in [0.25, 0.3) is 0 Å². The Morgan fingerprint density at radius 2 is 1.78 bits per heavy atom. The molecule has 1 aromatic carbocycles. The van der Waals surface area contributed by atoms with Crippen LogP contribution in [-0.2, 0) is 15.6 Å². The molecule has 0 spiro atoms. The van der Waals surface area contributed by atoms with Gasteiger partial charge in [-0.3, -0.25) is 19.0 Å². The van der Waals surface area contributed by atoms with Crippen molar-refractivity contribution < 1.29 is 24.1 Å². The number of hydrogen-bond acceptors (Lipinski definition) is 5. The summed E-state index contributed by atoms with van der Waals surface area (Å²) in [5, 5.41) is 20.4. The average molecular weight is 390 g/mol. The zero-order valence-corrected chi connectivity index (χ0v) is 16.3. The molecule has 0 aliphatic rings. The molecule has 0 fully saturated rings. The molecule has 27 heavy (non-hydrogen) atoms. The normalized spacial score (nSPS) is 13.7. The summed E-state index contributed by atoms with van der Waals surface area (Å²) in [5.41, 5.74) is 2.38. The predicted octanol–water partition coefficient (Wildman–Crippen LogP) is 0.183. The number of aliphatic hydroxyl groups is 1. The minimum Gasteiger partial charge on any atom is -0.381 e. The molecule has 0 heterocycles. The number of hydroxylamine groups is 1. The minimum atomic E-state index is -1.45. The summed E-state index contributed by atoms with van der Waals surface area (Å²) in [4.78, 5) is 24.4. The van der Waals surface area contributed by atoms with Gasteiger partial charge in [-0.2, -0.15) is 0 Å². The number of benzene rings is 1. The van der Waals surface area contributed by atoms with Gasteiger partial charge in [0.15, 0.2) is 0 Å². The van der Waals surface area contributed by atoms with Gasteiger partial charge in [0.25, 0.3) is 11.8 Å². The molecule has 0 saturated heterocycles. The summed E-state index contributed by atoms with van der Waals surface area (Å²) in [6.07, 6.45) is 0.661. The van der Waals surface area contributed by atoms with Crippen LogP contribution in [0, 0.1) is 23.7 Å². The van der Waals surface area contributed by atoms with Crippen LogP contribution in [-0.4, -0.2) is 49.5 Å². The molecule has 2 unspecified atom stereocenters. The molecule has 0 aromatic heterocycles. The molecule has 144 valence electrons. The van der Waals surface area contributed by atoms with Crippen molar-refractivity contribution in [3.8, 4) is 23.7 Å². The van der Waals surface area contributed by atoms with E-state index in [1.54, 1.807) is 26.0 Å². The van der Waals surface area contributed by atoms with Crippen molar-refractivity contribution in [3.63, 3.8) is 0 Å². The van der Waals surface area contributed by atoms with Gasteiger partial charge in [-0.05, 0) is 56.9 Å². The fraction of sp³-hybridized carbons (Fsp3) is 0.368. The average Bonchev–Trinajstić information content (AvgIpc) is 2.62. The van der Waals surface area contributed by atoms with E-state index in [2.05, 4.69) is 29.0 Å². The van der Waals surface area contributed by atoms with Crippen molar-refractivity contribution in [2.45, 2.75) is 37.7 Å². The van der Waals surface area contributed by atoms with Crippen LogP contribution < -0.4 is 10.8 Å². The second-order valence-corrected chi connectivity index (χ2v) is 8.17.